The van der Waals surface area contributed by atoms with Crippen LogP contribution in [-0.4, -0.2) is 53.3 Å². The number of carboxylic acids is 1. The van der Waals surface area contributed by atoms with Crippen molar-refractivity contribution in [3.8, 4) is 11.5 Å². The maximum atomic E-state index is 12.7. The molecule has 0 aliphatic carbocycles. The van der Waals surface area contributed by atoms with E-state index in [0.717, 1.165) is 12.8 Å². The second kappa shape index (κ2) is 17.5. The fraction of sp³-hybridized carbons (Fsp3) is 0.667. The second-order valence-corrected chi connectivity index (χ2v) is 10.4. The number of ether oxygens (including phenoxy) is 5. The van der Waals surface area contributed by atoms with Crippen molar-refractivity contribution < 1.29 is 48.0 Å². The lowest BCUT2D eigenvalue weighted by Crippen LogP contribution is -2.60. The number of nitrogens with one attached hydrogen (secondary N) is 1. The van der Waals surface area contributed by atoms with E-state index in [0.29, 0.717) is 31.2 Å². The zero-order valence-electron chi connectivity index (χ0n) is 25.6. The Labute approximate surface area is 243 Å². The van der Waals surface area contributed by atoms with Crippen LogP contribution in [0.5, 0.6) is 11.5 Å². The average molecular weight is 582 g/mol. The molecule has 11 heteroatoms. The van der Waals surface area contributed by atoms with Crippen LogP contribution < -0.4 is 14.8 Å². The molecule has 1 aromatic rings. The molecule has 0 radical (unpaired) electrons. The Morgan fingerprint density at radius 2 is 1.37 bits per heavy atom. The van der Waals surface area contributed by atoms with E-state index in [1.807, 2.05) is 20.8 Å². The topological polar surface area (TPSA) is 147 Å². The summed E-state index contributed by atoms with van der Waals surface area (Å²) in [5, 5.41) is 13.2. The average Bonchev–Trinajstić information content (AvgIpc) is 2.89. The van der Waals surface area contributed by atoms with Crippen LogP contribution in [0, 0.1) is 5.92 Å². The van der Waals surface area contributed by atoms with Gasteiger partial charge in [0.15, 0.2) is 11.5 Å². The third kappa shape index (κ3) is 12.0. The molecular formula is C30H47NO10. The zero-order chi connectivity index (χ0) is 31.2. The summed E-state index contributed by atoms with van der Waals surface area (Å²) in [4.78, 5) is 50.3. The maximum Gasteiger partial charge on any atom is 0.514 e. The molecule has 41 heavy (non-hydrogen) atoms. The predicted molar refractivity (Wildman–Crippen MR) is 152 cm³/mol. The Morgan fingerprint density at radius 3 is 1.83 bits per heavy atom. The van der Waals surface area contributed by atoms with E-state index in [-0.39, 0.29) is 30.1 Å². The second-order valence-electron chi connectivity index (χ2n) is 10.4. The van der Waals surface area contributed by atoms with Crippen LogP contribution in [0.2, 0.25) is 0 Å². The lowest BCUT2D eigenvalue weighted by molar-refractivity contribution is -0.187. The Morgan fingerprint density at radius 1 is 0.829 bits per heavy atom. The summed E-state index contributed by atoms with van der Waals surface area (Å²) < 4.78 is 26.9. The molecule has 0 aromatic heterocycles. The van der Waals surface area contributed by atoms with Crippen LogP contribution in [0.4, 0.5) is 9.59 Å². The minimum atomic E-state index is -2.11. The third-order valence-corrected chi connectivity index (χ3v) is 6.56. The number of carboxylic acid groups (broad SMARTS) is 1. The molecule has 4 unspecified atom stereocenters. The molecule has 0 aliphatic heterocycles. The Kier molecular flexibility index (Phi) is 15.2. The summed E-state index contributed by atoms with van der Waals surface area (Å²) in [5.41, 5.74) is -1.79. The van der Waals surface area contributed by atoms with Crippen LogP contribution in [-0.2, 0) is 30.2 Å². The van der Waals surface area contributed by atoms with Gasteiger partial charge in [0, 0.05) is 12.5 Å². The predicted octanol–water partition coefficient (Wildman–Crippen LogP) is 6.40. The van der Waals surface area contributed by atoms with Crippen molar-refractivity contribution in [2.75, 3.05) is 0 Å². The van der Waals surface area contributed by atoms with E-state index >= 15 is 0 Å². The highest BCUT2D eigenvalue weighted by atomic mass is 16.7. The van der Waals surface area contributed by atoms with Gasteiger partial charge in [-0.1, -0.05) is 53.5 Å². The van der Waals surface area contributed by atoms with Crippen molar-refractivity contribution in [1.82, 2.24) is 5.32 Å². The lowest BCUT2D eigenvalue weighted by atomic mass is 9.99. The molecule has 0 spiro atoms. The van der Waals surface area contributed by atoms with Gasteiger partial charge in [0.1, 0.15) is 12.2 Å². The first-order chi connectivity index (χ1) is 19.3. The van der Waals surface area contributed by atoms with E-state index in [4.69, 9.17) is 23.7 Å². The standard InChI is InChI=1S/C30H47NO10/c1-9-13-21(7)37-28(35)39-24-16-15-23(17-25(24)40-29(36)38-22(8)14-10-2)18-30(27(33)34,31-20(6)12-4)41-26(32)19(5)11-3/h15-17,19-22,31H,9-14,18H2,1-8H3,(H,33,34)/t19?,20?,21?,22?,30-/m0/s1. The quantitative estimate of drug-likeness (QED) is 0.0912. The number of aliphatic carboxylic acids is 1. The number of hydrogen-bond donors (Lipinski definition) is 2. The van der Waals surface area contributed by atoms with Crippen LogP contribution in [0.1, 0.15) is 99.5 Å². The van der Waals surface area contributed by atoms with Gasteiger partial charge in [-0.25, -0.2) is 14.4 Å². The molecule has 2 N–H and O–H groups in total. The van der Waals surface area contributed by atoms with Gasteiger partial charge >= 0.3 is 24.2 Å². The Balaban J connectivity index is 3.46. The molecule has 0 aliphatic rings. The molecule has 0 bridgehead atoms. The minimum absolute atomic E-state index is 0.130. The van der Waals surface area contributed by atoms with Crippen molar-refractivity contribution in [3.63, 3.8) is 0 Å². The molecule has 0 saturated carbocycles. The fourth-order valence-corrected chi connectivity index (χ4v) is 3.84. The van der Waals surface area contributed by atoms with E-state index < -0.39 is 42.0 Å². The molecule has 0 heterocycles. The van der Waals surface area contributed by atoms with Crippen molar-refractivity contribution in [2.45, 2.75) is 124 Å². The number of carbonyl (C=O) groups is 4. The lowest BCUT2D eigenvalue weighted by Gasteiger charge is -2.34. The first-order valence-electron chi connectivity index (χ1n) is 14.4. The molecule has 232 valence electrons. The third-order valence-electron chi connectivity index (χ3n) is 6.56. The van der Waals surface area contributed by atoms with Gasteiger partial charge in [-0.05, 0) is 64.2 Å². The highest BCUT2D eigenvalue weighted by Gasteiger charge is 2.44. The molecule has 1 rings (SSSR count). The van der Waals surface area contributed by atoms with Gasteiger partial charge in [0.05, 0.1) is 5.92 Å². The Hall–Kier alpha value is -3.34. The highest BCUT2D eigenvalue weighted by Crippen LogP contribution is 2.32. The summed E-state index contributed by atoms with van der Waals surface area (Å²) in [6.07, 6.45) is 0.739. The monoisotopic (exact) mass is 581 g/mol. The number of carbonyl (C=O) groups excluding carboxylic acids is 3. The minimum Gasteiger partial charge on any atom is -0.477 e. The molecule has 0 amide bonds. The van der Waals surface area contributed by atoms with E-state index in [1.165, 1.54) is 18.2 Å². The molecule has 0 saturated heterocycles. The largest absolute Gasteiger partial charge is 0.514 e. The normalized spacial score (nSPS) is 15.4. The van der Waals surface area contributed by atoms with Crippen molar-refractivity contribution in [1.29, 1.82) is 0 Å². The molecule has 0 fully saturated rings. The first-order valence-corrected chi connectivity index (χ1v) is 14.4. The smallest absolute Gasteiger partial charge is 0.477 e. The van der Waals surface area contributed by atoms with E-state index in [9.17, 15) is 24.3 Å². The van der Waals surface area contributed by atoms with Crippen LogP contribution >= 0.6 is 0 Å². The van der Waals surface area contributed by atoms with Gasteiger partial charge in [-0.3, -0.25) is 10.1 Å². The summed E-state index contributed by atoms with van der Waals surface area (Å²) >= 11 is 0. The SMILES string of the molecule is CCCC(C)OC(=O)Oc1ccc(C[C@](NC(C)CC)(OC(=O)C(C)CC)C(=O)O)cc1OC(=O)OC(C)CCC. The summed E-state index contributed by atoms with van der Waals surface area (Å²) in [5.74, 6) is -2.90. The number of esters is 1. The van der Waals surface area contributed by atoms with Crippen LogP contribution in [0.3, 0.4) is 0 Å². The summed E-state index contributed by atoms with van der Waals surface area (Å²) in [6.45, 7) is 14.4. The van der Waals surface area contributed by atoms with Gasteiger partial charge in [-0.2, -0.15) is 0 Å². The first kappa shape index (κ1) is 35.7. The van der Waals surface area contributed by atoms with Gasteiger partial charge in [0.25, 0.3) is 5.72 Å². The Bertz CT molecular complexity index is 1010. The van der Waals surface area contributed by atoms with Crippen molar-refractivity contribution in [3.05, 3.63) is 23.8 Å². The van der Waals surface area contributed by atoms with Crippen LogP contribution in [0.15, 0.2) is 18.2 Å². The van der Waals surface area contributed by atoms with E-state index in [2.05, 4.69) is 5.32 Å². The van der Waals surface area contributed by atoms with E-state index in [1.54, 1.807) is 34.6 Å². The number of rotatable bonds is 17. The summed E-state index contributed by atoms with van der Waals surface area (Å²) in [7, 11) is 0. The summed E-state index contributed by atoms with van der Waals surface area (Å²) in [6, 6.07) is 3.87. The molecule has 5 atom stereocenters. The zero-order valence-corrected chi connectivity index (χ0v) is 25.6. The molecular weight excluding hydrogens is 534 g/mol. The van der Waals surface area contributed by atoms with Crippen LogP contribution in [0.25, 0.3) is 0 Å². The maximum absolute atomic E-state index is 12.7. The van der Waals surface area contributed by atoms with Gasteiger partial charge < -0.3 is 28.8 Å². The highest BCUT2D eigenvalue weighted by molar-refractivity contribution is 5.83. The molecule has 1 aromatic carbocycles. The van der Waals surface area contributed by atoms with Gasteiger partial charge in [-0.15, -0.1) is 0 Å². The van der Waals surface area contributed by atoms with Crippen molar-refractivity contribution in [2.24, 2.45) is 5.92 Å². The number of hydrogen-bond acceptors (Lipinski definition) is 10. The fourth-order valence-electron chi connectivity index (χ4n) is 3.84. The number of benzene rings is 1. The van der Waals surface area contributed by atoms with Gasteiger partial charge in [0.2, 0.25) is 0 Å². The van der Waals surface area contributed by atoms with Crippen molar-refractivity contribution >= 4 is 24.2 Å². The molecule has 11 nitrogen and oxygen atoms in total.